The SMILES string of the molecule is NC(=O)CSc1cnn(CC(=O)NCc2ccc(F)c(Cl)c2)c(=O)c1Cl. The summed E-state index contributed by atoms with van der Waals surface area (Å²) in [4.78, 5) is 35.2. The third kappa shape index (κ3) is 5.45. The number of halogens is 3. The Morgan fingerprint density at radius 3 is 2.73 bits per heavy atom. The average molecular weight is 419 g/mol. The van der Waals surface area contributed by atoms with Crippen molar-refractivity contribution in [1.82, 2.24) is 15.1 Å². The first-order chi connectivity index (χ1) is 12.3. The van der Waals surface area contributed by atoms with Crippen LogP contribution in [0.25, 0.3) is 0 Å². The highest BCUT2D eigenvalue weighted by Gasteiger charge is 2.13. The quantitative estimate of drug-likeness (QED) is 0.663. The summed E-state index contributed by atoms with van der Waals surface area (Å²) < 4.78 is 14.0. The molecule has 26 heavy (non-hydrogen) atoms. The number of carbonyl (C=O) groups is 2. The molecule has 0 saturated carbocycles. The van der Waals surface area contributed by atoms with Crippen LogP contribution in [-0.2, 0) is 22.7 Å². The molecule has 0 saturated heterocycles. The number of rotatable bonds is 7. The highest BCUT2D eigenvalue weighted by atomic mass is 35.5. The summed E-state index contributed by atoms with van der Waals surface area (Å²) in [7, 11) is 0. The summed E-state index contributed by atoms with van der Waals surface area (Å²) in [6.45, 7) is -0.248. The van der Waals surface area contributed by atoms with Crippen LogP contribution in [0.4, 0.5) is 4.39 Å². The number of amides is 2. The number of thioether (sulfide) groups is 1. The van der Waals surface area contributed by atoms with Crippen LogP contribution in [0.3, 0.4) is 0 Å². The summed E-state index contributed by atoms with van der Waals surface area (Å²) in [6, 6.07) is 4.06. The molecule has 0 spiro atoms. The Labute approximate surface area is 161 Å². The zero-order valence-electron chi connectivity index (χ0n) is 13.2. The maximum atomic E-state index is 13.1. The Balaban J connectivity index is 2.00. The molecule has 1 aromatic carbocycles. The lowest BCUT2D eigenvalue weighted by atomic mass is 10.2. The van der Waals surface area contributed by atoms with Gasteiger partial charge in [-0.25, -0.2) is 9.07 Å². The smallest absolute Gasteiger partial charge is 0.287 e. The molecule has 0 fully saturated rings. The highest BCUT2D eigenvalue weighted by molar-refractivity contribution is 8.00. The summed E-state index contributed by atoms with van der Waals surface area (Å²) in [5.74, 6) is -1.66. The molecule has 2 rings (SSSR count). The molecule has 0 aliphatic rings. The van der Waals surface area contributed by atoms with Crippen molar-refractivity contribution in [3.63, 3.8) is 0 Å². The van der Waals surface area contributed by atoms with Crippen molar-refractivity contribution in [3.05, 3.63) is 56.2 Å². The van der Waals surface area contributed by atoms with Crippen molar-refractivity contribution >= 4 is 46.8 Å². The minimum Gasteiger partial charge on any atom is -0.369 e. The van der Waals surface area contributed by atoms with Gasteiger partial charge in [0.2, 0.25) is 11.8 Å². The lowest BCUT2D eigenvalue weighted by Crippen LogP contribution is -2.33. The second-order valence-electron chi connectivity index (χ2n) is 5.07. The van der Waals surface area contributed by atoms with E-state index in [0.29, 0.717) is 10.5 Å². The maximum Gasteiger partial charge on any atom is 0.287 e. The molecule has 2 aromatic rings. The van der Waals surface area contributed by atoms with Crippen molar-refractivity contribution < 1.29 is 14.0 Å². The molecule has 7 nitrogen and oxygen atoms in total. The number of nitrogens with one attached hydrogen (secondary N) is 1. The first-order valence-corrected chi connectivity index (χ1v) is 8.89. The van der Waals surface area contributed by atoms with Crippen molar-refractivity contribution in [1.29, 1.82) is 0 Å². The summed E-state index contributed by atoms with van der Waals surface area (Å²) in [5, 5.41) is 6.22. The van der Waals surface area contributed by atoms with Gasteiger partial charge < -0.3 is 11.1 Å². The van der Waals surface area contributed by atoms with Gasteiger partial charge in [-0.1, -0.05) is 29.3 Å². The summed E-state index contributed by atoms with van der Waals surface area (Å²) in [6.07, 6.45) is 1.28. The Bertz CT molecular complexity index is 907. The first kappa shape index (κ1) is 20.2. The van der Waals surface area contributed by atoms with Crippen molar-refractivity contribution in [2.45, 2.75) is 18.0 Å². The number of benzene rings is 1. The number of nitrogens with zero attached hydrogens (tertiary/aromatic N) is 2. The van der Waals surface area contributed by atoms with E-state index < -0.39 is 23.2 Å². The number of hydrogen-bond donors (Lipinski definition) is 2. The van der Waals surface area contributed by atoms with E-state index in [1.165, 1.54) is 24.4 Å². The first-order valence-electron chi connectivity index (χ1n) is 7.15. The molecule has 1 aromatic heterocycles. The molecule has 0 radical (unpaired) electrons. The Kier molecular flexibility index (Phi) is 7.01. The van der Waals surface area contributed by atoms with E-state index in [1.807, 2.05) is 0 Å². The molecular formula is C15H13Cl2FN4O3S. The number of aromatic nitrogens is 2. The minimum absolute atomic E-state index is 0.0500. The molecule has 11 heteroatoms. The third-order valence-corrected chi connectivity index (χ3v) is 4.91. The monoisotopic (exact) mass is 418 g/mol. The van der Waals surface area contributed by atoms with Gasteiger partial charge in [0.05, 0.1) is 21.9 Å². The van der Waals surface area contributed by atoms with Gasteiger partial charge in [-0.05, 0) is 17.7 Å². The molecular weight excluding hydrogens is 406 g/mol. The van der Waals surface area contributed by atoms with E-state index in [1.54, 1.807) is 0 Å². The third-order valence-electron chi connectivity index (χ3n) is 3.09. The fourth-order valence-electron chi connectivity index (χ4n) is 1.85. The Morgan fingerprint density at radius 2 is 2.08 bits per heavy atom. The van der Waals surface area contributed by atoms with Crippen molar-refractivity contribution in [2.75, 3.05) is 5.75 Å². The summed E-state index contributed by atoms with van der Waals surface area (Å²) >= 11 is 12.6. The van der Waals surface area contributed by atoms with Crippen molar-refractivity contribution in [2.24, 2.45) is 5.73 Å². The molecule has 0 atom stereocenters. The maximum absolute atomic E-state index is 13.1. The van der Waals surface area contributed by atoms with Gasteiger partial charge >= 0.3 is 0 Å². The Morgan fingerprint density at radius 1 is 1.35 bits per heavy atom. The van der Waals surface area contributed by atoms with Crippen LogP contribution >= 0.6 is 35.0 Å². The number of primary amides is 1. The van der Waals surface area contributed by atoms with Gasteiger partial charge in [0.1, 0.15) is 17.4 Å². The molecule has 0 aliphatic carbocycles. The van der Waals surface area contributed by atoms with E-state index in [2.05, 4.69) is 10.4 Å². The van der Waals surface area contributed by atoms with Crippen LogP contribution in [0.1, 0.15) is 5.56 Å². The lowest BCUT2D eigenvalue weighted by molar-refractivity contribution is -0.122. The van der Waals surface area contributed by atoms with E-state index in [0.717, 1.165) is 16.4 Å². The van der Waals surface area contributed by atoms with E-state index in [4.69, 9.17) is 28.9 Å². The minimum atomic E-state index is -0.666. The molecule has 138 valence electrons. The number of nitrogens with two attached hydrogens (primary N) is 1. The van der Waals surface area contributed by atoms with Crippen LogP contribution < -0.4 is 16.6 Å². The topological polar surface area (TPSA) is 107 Å². The standard InChI is InChI=1S/C15H13Cl2FN4O3S/c16-9-3-8(1-2-10(9)18)4-20-13(24)6-22-15(25)14(17)11(5-21-22)26-7-12(19)23/h1-3,5H,4,6-7H2,(H2,19,23)(H,20,24). The predicted octanol–water partition coefficient (Wildman–Crippen LogP) is 1.58. The van der Waals surface area contributed by atoms with Crippen LogP contribution in [0.15, 0.2) is 34.1 Å². The van der Waals surface area contributed by atoms with Gasteiger partial charge in [0.15, 0.2) is 0 Å². The fraction of sp³-hybridized carbons (Fsp3) is 0.200. The van der Waals surface area contributed by atoms with Crippen LogP contribution in [0.5, 0.6) is 0 Å². The fourth-order valence-corrected chi connectivity index (χ4v) is 3.00. The predicted molar refractivity (Wildman–Crippen MR) is 96.7 cm³/mol. The van der Waals surface area contributed by atoms with Gasteiger partial charge in [0, 0.05) is 6.54 Å². The van der Waals surface area contributed by atoms with Crippen LogP contribution in [0, 0.1) is 5.82 Å². The molecule has 3 N–H and O–H groups in total. The van der Waals surface area contributed by atoms with E-state index in [9.17, 15) is 18.8 Å². The number of hydrogen-bond acceptors (Lipinski definition) is 5. The average Bonchev–Trinajstić information content (AvgIpc) is 2.59. The Hall–Kier alpha value is -2.10. The molecule has 0 bridgehead atoms. The lowest BCUT2D eigenvalue weighted by Gasteiger charge is -2.09. The van der Waals surface area contributed by atoms with Crippen LogP contribution in [-0.4, -0.2) is 27.3 Å². The van der Waals surface area contributed by atoms with Gasteiger partial charge in [-0.2, -0.15) is 5.10 Å². The second kappa shape index (κ2) is 9.02. The second-order valence-corrected chi connectivity index (χ2v) is 6.87. The van der Waals surface area contributed by atoms with E-state index in [-0.39, 0.29) is 28.9 Å². The van der Waals surface area contributed by atoms with Crippen LogP contribution in [0.2, 0.25) is 10.0 Å². The normalized spacial score (nSPS) is 10.6. The summed E-state index contributed by atoms with van der Waals surface area (Å²) in [5.41, 5.74) is 4.97. The molecule has 0 aliphatic heterocycles. The zero-order chi connectivity index (χ0) is 19.3. The zero-order valence-corrected chi connectivity index (χ0v) is 15.5. The van der Waals surface area contributed by atoms with Gasteiger partial charge in [-0.15, -0.1) is 11.8 Å². The molecule has 1 heterocycles. The van der Waals surface area contributed by atoms with Gasteiger partial charge in [-0.3, -0.25) is 14.4 Å². The molecule has 2 amide bonds. The van der Waals surface area contributed by atoms with Crippen molar-refractivity contribution in [3.8, 4) is 0 Å². The largest absolute Gasteiger partial charge is 0.369 e. The highest BCUT2D eigenvalue weighted by Crippen LogP contribution is 2.22. The van der Waals surface area contributed by atoms with Gasteiger partial charge in [0.25, 0.3) is 5.56 Å². The number of carbonyl (C=O) groups excluding carboxylic acids is 2. The molecule has 0 unspecified atom stereocenters. The van der Waals surface area contributed by atoms with E-state index >= 15 is 0 Å².